The van der Waals surface area contributed by atoms with Gasteiger partial charge in [0.05, 0.1) is 5.52 Å². The molecule has 0 amide bonds. The molecule has 106 valence electrons. The van der Waals surface area contributed by atoms with Crippen LogP contribution in [0.25, 0.3) is 11.0 Å². The van der Waals surface area contributed by atoms with E-state index in [1.165, 1.54) is 25.0 Å². The van der Waals surface area contributed by atoms with Crippen LogP contribution in [0.5, 0.6) is 0 Å². The molecule has 1 aliphatic heterocycles. The Balaban J connectivity index is 1.94. The highest BCUT2D eigenvalue weighted by atomic mass is 16.1. The van der Waals surface area contributed by atoms with Gasteiger partial charge >= 0.3 is 0 Å². The molecule has 2 aromatic heterocycles. The third-order valence-corrected chi connectivity index (χ3v) is 4.71. The average Bonchev–Trinajstić information content (AvgIpc) is 3.19. The van der Waals surface area contributed by atoms with Crippen LogP contribution in [0.3, 0.4) is 0 Å². The van der Waals surface area contributed by atoms with Crippen LogP contribution in [0.2, 0.25) is 0 Å². The van der Waals surface area contributed by atoms with Gasteiger partial charge in [0.2, 0.25) is 0 Å². The van der Waals surface area contributed by atoms with Crippen LogP contribution >= 0.6 is 0 Å². The Bertz CT molecular complexity index is 721. The zero-order valence-electron chi connectivity index (χ0n) is 12.1. The molecule has 0 saturated heterocycles. The summed E-state index contributed by atoms with van der Waals surface area (Å²) in [5.74, 6) is 1.76. The van der Waals surface area contributed by atoms with E-state index >= 15 is 0 Å². The lowest BCUT2D eigenvalue weighted by molar-refractivity contribution is 0.600. The van der Waals surface area contributed by atoms with E-state index in [1.54, 1.807) is 0 Å². The zero-order valence-corrected chi connectivity index (χ0v) is 12.1. The number of hydrogen-bond acceptors (Lipinski definition) is 2. The minimum atomic E-state index is 0.181. The van der Waals surface area contributed by atoms with Gasteiger partial charge in [0.1, 0.15) is 11.3 Å². The summed E-state index contributed by atoms with van der Waals surface area (Å²) in [6.07, 6.45) is 7.01. The van der Waals surface area contributed by atoms with Crippen molar-refractivity contribution in [3.8, 4) is 0 Å². The van der Waals surface area contributed by atoms with E-state index in [1.807, 2.05) is 4.57 Å². The van der Waals surface area contributed by atoms with Gasteiger partial charge in [-0.1, -0.05) is 6.42 Å². The van der Waals surface area contributed by atoms with Crippen LogP contribution in [0.1, 0.15) is 43.6 Å². The first-order valence-corrected chi connectivity index (χ1v) is 7.83. The number of hydrogen-bond donors (Lipinski definition) is 0. The zero-order chi connectivity index (χ0) is 13.7. The summed E-state index contributed by atoms with van der Waals surface area (Å²) in [6.45, 7) is 3.93. The number of fused-ring (bicyclic) bond motifs is 2. The van der Waals surface area contributed by atoms with Crippen LogP contribution in [-0.2, 0) is 19.5 Å². The van der Waals surface area contributed by atoms with Crippen LogP contribution < -0.4 is 5.56 Å². The minimum Gasteiger partial charge on any atom is -0.339 e. The Labute approximate surface area is 118 Å². The Morgan fingerprint density at radius 2 is 2.15 bits per heavy atom. The minimum absolute atomic E-state index is 0.181. The van der Waals surface area contributed by atoms with Gasteiger partial charge in [-0.3, -0.25) is 9.36 Å². The molecule has 4 heteroatoms. The molecule has 1 fully saturated rings. The second-order valence-electron chi connectivity index (χ2n) is 6.37. The first-order valence-electron chi connectivity index (χ1n) is 7.83. The number of rotatable bonds is 2. The molecule has 1 saturated carbocycles. The van der Waals surface area contributed by atoms with E-state index in [0.29, 0.717) is 0 Å². The maximum absolute atomic E-state index is 12.9. The summed E-state index contributed by atoms with van der Waals surface area (Å²) >= 11 is 0. The molecule has 0 spiro atoms. The largest absolute Gasteiger partial charge is 0.339 e. The fourth-order valence-corrected chi connectivity index (χ4v) is 3.36. The second-order valence-corrected chi connectivity index (χ2v) is 6.37. The highest BCUT2D eigenvalue weighted by Gasteiger charge is 2.25. The summed E-state index contributed by atoms with van der Waals surface area (Å²) in [6, 6.07) is 2.09. The molecule has 0 atom stereocenters. The van der Waals surface area contributed by atoms with E-state index in [2.05, 4.69) is 17.6 Å². The average molecular weight is 271 g/mol. The van der Waals surface area contributed by atoms with Crippen LogP contribution in [0.4, 0.5) is 0 Å². The van der Waals surface area contributed by atoms with Crippen molar-refractivity contribution in [3.63, 3.8) is 0 Å². The van der Waals surface area contributed by atoms with E-state index < -0.39 is 0 Å². The molecule has 3 heterocycles. The molecule has 0 aromatic carbocycles. The van der Waals surface area contributed by atoms with Crippen LogP contribution in [0.15, 0.2) is 10.9 Å². The number of aryl methyl sites for hydroxylation is 2. The van der Waals surface area contributed by atoms with E-state index in [9.17, 15) is 4.79 Å². The van der Waals surface area contributed by atoms with Crippen molar-refractivity contribution < 1.29 is 0 Å². The molecule has 2 aliphatic rings. The van der Waals surface area contributed by atoms with E-state index in [0.717, 1.165) is 55.1 Å². The number of nitrogens with zero attached hydrogens (tertiary/aromatic N) is 3. The van der Waals surface area contributed by atoms with Gasteiger partial charge in [-0.05, 0) is 44.6 Å². The van der Waals surface area contributed by atoms with Crippen molar-refractivity contribution in [1.29, 1.82) is 0 Å². The second kappa shape index (κ2) is 4.47. The summed E-state index contributed by atoms with van der Waals surface area (Å²) in [5, 5.41) is 0. The Kier molecular flexibility index (Phi) is 2.72. The normalized spacial score (nSPS) is 19.1. The Hall–Kier alpha value is -1.58. The molecular formula is C16H21N3O. The van der Waals surface area contributed by atoms with Crippen LogP contribution in [0, 0.1) is 12.8 Å². The molecule has 1 aliphatic carbocycles. The van der Waals surface area contributed by atoms with Gasteiger partial charge in [-0.2, -0.15) is 0 Å². The SMILES string of the molecule is Cc1cc2nc3n(c(=O)c2n1CC1CC1)CCCCC3. The third-order valence-electron chi connectivity index (χ3n) is 4.71. The van der Waals surface area contributed by atoms with E-state index in [-0.39, 0.29) is 5.56 Å². The van der Waals surface area contributed by atoms with Gasteiger partial charge < -0.3 is 4.57 Å². The predicted molar refractivity (Wildman–Crippen MR) is 79.0 cm³/mol. The highest BCUT2D eigenvalue weighted by Crippen LogP contribution is 2.32. The maximum atomic E-state index is 12.9. The molecule has 0 bridgehead atoms. The highest BCUT2D eigenvalue weighted by molar-refractivity contribution is 5.76. The lowest BCUT2D eigenvalue weighted by Gasteiger charge is -2.11. The molecular weight excluding hydrogens is 250 g/mol. The quantitative estimate of drug-likeness (QED) is 0.842. The Morgan fingerprint density at radius 3 is 2.95 bits per heavy atom. The smallest absolute Gasteiger partial charge is 0.278 e. The summed E-state index contributed by atoms with van der Waals surface area (Å²) in [7, 11) is 0. The van der Waals surface area contributed by atoms with Crippen molar-refractivity contribution in [1.82, 2.24) is 14.1 Å². The molecule has 0 N–H and O–H groups in total. The first-order chi connectivity index (χ1) is 9.74. The van der Waals surface area contributed by atoms with Crippen molar-refractivity contribution in [2.45, 2.75) is 58.5 Å². The van der Waals surface area contributed by atoms with E-state index in [4.69, 9.17) is 4.98 Å². The molecule has 0 radical (unpaired) electrons. The first kappa shape index (κ1) is 12.2. The molecule has 2 aromatic rings. The Morgan fingerprint density at radius 1 is 1.30 bits per heavy atom. The van der Waals surface area contributed by atoms with Crippen molar-refractivity contribution in [2.24, 2.45) is 5.92 Å². The summed E-state index contributed by atoms with van der Waals surface area (Å²) in [4.78, 5) is 17.7. The van der Waals surface area contributed by atoms with Crippen LogP contribution in [-0.4, -0.2) is 14.1 Å². The summed E-state index contributed by atoms with van der Waals surface area (Å²) in [5.41, 5.74) is 3.10. The predicted octanol–water partition coefficient (Wildman–Crippen LogP) is 2.64. The van der Waals surface area contributed by atoms with Gasteiger partial charge in [0, 0.05) is 25.2 Å². The fraction of sp³-hybridized carbons (Fsp3) is 0.625. The monoisotopic (exact) mass is 271 g/mol. The lowest BCUT2D eigenvalue weighted by Crippen LogP contribution is -2.26. The van der Waals surface area contributed by atoms with Gasteiger partial charge in [0.15, 0.2) is 0 Å². The molecule has 4 rings (SSSR count). The lowest BCUT2D eigenvalue weighted by atomic mass is 10.2. The van der Waals surface area contributed by atoms with Gasteiger partial charge in [-0.15, -0.1) is 0 Å². The van der Waals surface area contributed by atoms with Gasteiger partial charge in [0.25, 0.3) is 5.56 Å². The molecule has 4 nitrogen and oxygen atoms in total. The third kappa shape index (κ3) is 1.89. The molecule has 20 heavy (non-hydrogen) atoms. The summed E-state index contributed by atoms with van der Waals surface area (Å²) < 4.78 is 4.14. The maximum Gasteiger partial charge on any atom is 0.278 e. The standard InChI is InChI=1S/C16H21N3O/c1-11-9-13-15(19(11)10-12-6-7-12)16(20)18-8-4-2-3-5-14(18)17-13/h9,12H,2-8,10H2,1H3. The van der Waals surface area contributed by atoms with Crippen molar-refractivity contribution in [3.05, 3.63) is 27.9 Å². The topological polar surface area (TPSA) is 39.8 Å². The van der Waals surface area contributed by atoms with Crippen molar-refractivity contribution in [2.75, 3.05) is 0 Å². The molecule has 0 unspecified atom stereocenters. The van der Waals surface area contributed by atoms with Crippen molar-refractivity contribution >= 4 is 11.0 Å². The van der Waals surface area contributed by atoms with Gasteiger partial charge in [-0.25, -0.2) is 4.98 Å². The number of aromatic nitrogens is 3. The fourth-order valence-electron chi connectivity index (χ4n) is 3.36.